The summed E-state index contributed by atoms with van der Waals surface area (Å²) in [6.07, 6.45) is -2.78. The highest BCUT2D eigenvalue weighted by atomic mass is 35.5. The molecule has 0 saturated heterocycles. The Morgan fingerprint density at radius 1 is 1.12 bits per heavy atom. The highest BCUT2D eigenvalue weighted by Gasteiger charge is 2.26. The van der Waals surface area contributed by atoms with Crippen LogP contribution in [0.1, 0.15) is 6.92 Å². The van der Waals surface area contributed by atoms with Crippen molar-refractivity contribution in [2.24, 2.45) is 0 Å². The van der Waals surface area contributed by atoms with E-state index in [0.29, 0.717) is 10.6 Å². The highest BCUT2D eigenvalue weighted by Crippen LogP contribution is 2.32. The van der Waals surface area contributed by atoms with Gasteiger partial charge in [-0.15, -0.1) is 0 Å². The van der Waals surface area contributed by atoms with Crippen molar-refractivity contribution >= 4 is 29.3 Å². The molecule has 2 aromatic carbocycles. The van der Waals surface area contributed by atoms with Gasteiger partial charge in [0.15, 0.2) is 5.82 Å². The second-order valence-corrected chi connectivity index (χ2v) is 5.71. The van der Waals surface area contributed by atoms with Crippen LogP contribution >= 0.6 is 11.6 Å². The molecule has 0 saturated carbocycles. The van der Waals surface area contributed by atoms with Gasteiger partial charge < -0.3 is 20.8 Å². The fraction of sp³-hybridized carbons (Fsp3) is 0.176. The molecule has 0 aliphatic heterocycles. The van der Waals surface area contributed by atoms with Crippen molar-refractivity contribution in [2.45, 2.75) is 19.1 Å². The number of carbonyl (C=O) groups is 2. The zero-order valence-electron chi connectivity index (χ0n) is 13.2. The average Bonchev–Trinajstić information content (AvgIpc) is 2.55. The van der Waals surface area contributed by atoms with Gasteiger partial charge in [0.1, 0.15) is 6.04 Å². The van der Waals surface area contributed by atoms with E-state index in [0.717, 1.165) is 0 Å². The van der Waals surface area contributed by atoms with E-state index in [1.165, 1.54) is 25.1 Å². The molecule has 0 bridgehead atoms. The number of hydrogen-bond acceptors (Lipinski definition) is 3. The monoisotopic (exact) mass is 366 g/mol. The average molecular weight is 367 g/mol. The lowest BCUT2D eigenvalue weighted by Crippen LogP contribution is -2.49. The molecule has 0 spiro atoms. The molecule has 6 nitrogen and oxygen atoms in total. The Hall–Kier alpha value is -2.64. The molecule has 0 aromatic heterocycles. The second-order valence-electron chi connectivity index (χ2n) is 5.30. The Bertz CT molecular complexity index is 798. The number of nitrogens with one attached hydrogen (secondary N) is 2. The minimum absolute atomic E-state index is 0.153. The van der Waals surface area contributed by atoms with Gasteiger partial charge in [-0.05, 0) is 19.1 Å². The van der Waals surface area contributed by atoms with Crippen molar-refractivity contribution in [1.82, 2.24) is 5.32 Å². The Morgan fingerprint density at radius 2 is 1.76 bits per heavy atom. The first-order chi connectivity index (χ1) is 11.8. The number of carbonyl (C=O) groups excluding carboxylic acids is 1. The molecule has 0 aliphatic rings. The van der Waals surface area contributed by atoms with Crippen LogP contribution in [0.25, 0.3) is 11.1 Å². The molecule has 0 heterocycles. The number of aliphatic hydroxyl groups is 1. The fourth-order valence-corrected chi connectivity index (χ4v) is 2.50. The van der Waals surface area contributed by atoms with E-state index in [-0.39, 0.29) is 11.3 Å². The summed E-state index contributed by atoms with van der Waals surface area (Å²) in [7, 11) is 0. The summed E-state index contributed by atoms with van der Waals surface area (Å²) in [5.41, 5.74) is 0.483. The molecule has 2 amide bonds. The molecule has 2 atom stereocenters. The molecule has 4 N–H and O–H groups in total. The van der Waals surface area contributed by atoms with E-state index < -0.39 is 30.0 Å². The Morgan fingerprint density at radius 3 is 2.36 bits per heavy atom. The zero-order chi connectivity index (χ0) is 18.6. The largest absolute Gasteiger partial charge is 0.465 e. The predicted molar refractivity (Wildman–Crippen MR) is 92.1 cm³/mol. The SMILES string of the molecule is C[C@@H](O)[C@H](NC(=O)O)C(=O)Nc1cccc(-c2ccccc2Cl)c1F. The van der Waals surface area contributed by atoms with Gasteiger partial charge in [-0.1, -0.05) is 41.9 Å². The first kappa shape index (κ1) is 18.7. The number of halogens is 2. The maximum atomic E-state index is 14.8. The van der Waals surface area contributed by atoms with E-state index in [4.69, 9.17) is 16.7 Å². The van der Waals surface area contributed by atoms with Crippen molar-refractivity contribution in [3.8, 4) is 11.1 Å². The van der Waals surface area contributed by atoms with E-state index in [9.17, 15) is 19.1 Å². The summed E-state index contributed by atoms with van der Waals surface area (Å²) >= 11 is 6.08. The van der Waals surface area contributed by atoms with Gasteiger partial charge in [0.05, 0.1) is 11.8 Å². The summed E-state index contributed by atoms with van der Waals surface area (Å²) in [5, 5.41) is 22.8. The minimum Gasteiger partial charge on any atom is -0.465 e. The Kier molecular flexibility index (Phi) is 5.95. The standard InChI is InChI=1S/C17H16ClFN2O4/c1-9(22)15(21-17(24)25)16(23)20-13-8-4-6-11(14(13)19)10-5-2-3-7-12(10)18/h2-9,15,21-22H,1H3,(H,20,23)(H,24,25)/t9-,15+/m1/s1. The van der Waals surface area contributed by atoms with Gasteiger partial charge in [0.2, 0.25) is 5.91 Å². The van der Waals surface area contributed by atoms with Gasteiger partial charge in [0, 0.05) is 16.1 Å². The van der Waals surface area contributed by atoms with Gasteiger partial charge in [-0.3, -0.25) is 4.79 Å². The van der Waals surface area contributed by atoms with Crippen molar-refractivity contribution in [3.63, 3.8) is 0 Å². The van der Waals surface area contributed by atoms with Crippen LogP contribution in [-0.2, 0) is 4.79 Å². The van der Waals surface area contributed by atoms with Crippen LogP contribution in [0.5, 0.6) is 0 Å². The molecular weight excluding hydrogens is 351 g/mol. The zero-order valence-corrected chi connectivity index (χ0v) is 13.9. The van der Waals surface area contributed by atoms with Crippen molar-refractivity contribution < 1.29 is 24.2 Å². The topological polar surface area (TPSA) is 98.7 Å². The summed E-state index contributed by atoms with van der Waals surface area (Å²) < 4.78 is 14.8. The first-order valence-corrected chi connectivity index (χ1v) is 7.71. The van der Waals surface area contributed by atoms with E-state index in [1.54, 1.807) is 24.3 Å². The van der Waals surface area contributed by atoms with Crippen LogP contribution in [0.3, 0.4) is 0 Å². The number of aliphatic hydroxyl groups excluding tert-OH is 1. The quantitative estimate of drug-likeness (QED) is 0.653. The van der Waals surface area contributed by atoms with Crippen LogP contribution in [0.4, 0.5) is 14.9 Å². The Balaban J connectivity index is 2.32. The normalized spacial score (nSPS) is 13.0. The van der Waals surface area contributed by atoms with Crippen LogP contribution < -0.4 is 10.6 Å². The molecule has 0 radical (unpaired) electrons. The third kappa shape index (κ3) is 4.46. The summed E-state index contributed by atoms with van der Waals surface area (Å²) in [6, 6.07) is 9.58. The molecule has 0 unspecified atom stereocenters. The molecule has 0 fully saturated rings. The molecule has 8 heteroatoms. The minimum atomic E-state index is -1.48. The number of rotatable bonds is 5. The molecule has 0 aliphatic carbocycles. The van der Waals surface area contributed by atoms with Gasteiger partial charge in [-0.25, -0.2) is 9.18 Å². The second kappa shape index (κ2) is 7.96. The van der Waals surface area contributed by atoms with Gasteiger partial charge >= 0.3 is 6.09 Å². The number of amides is 2. The van der Waals surface area contributed by atoms with Crippen LogP contribution in [0.15, 0.2) is 42.5 Å². The smallest absolute Gasteiger partial charge is 0.405 e. The Labute approximate surface area is 148 Å². The lowest BCUT2D eigenvalue weighted by Gasteiger charge is -2.19. The molecule has 25 heavy (non-hydrogen) atoms. The number of benzene rings is 2. The maximum Gasteiger partial charge on any atom is 0.405 e. The number of anilines is 1. The van der Waals surface area contributed by atoms with Crippen molar-refractivity contribution in [1.29, 1.82) is 0 Å². The van der Waals surface area contributed by atoms with Crippen molar-refractivity contribution in [2.75, 3.05) is 5.32 Å². The molecule has 2 rings (SSSR count). The summed E-state index contributed by atoms with van der Waals surface area (Å²) in [4.78, 5) is 22.9. The van der Waals surface area contributed by atoms with E-state index in [2.05, 4.69) is 5.32 Å². The maximum absolute atomic E-state index is 14.8. The summed E-state index contributed by atoms with van der Waals surface area (Å²) in [6.45, 7) is 1.25. The van der Waals surface area contributed by atoms with Crippen LogP contribution in [0.2, 0.25) is 5.02 Å². The number of carboxylic acid groups (broad SMARTS) is 1. The summed E-state index contributed by atoms with van der Waals surface area (Å²) in [5.74, 6) is -1.60. The third-order valence-electron chi connectivity index (χ3n) is 3.46. The molecule has 2 aromatic rings. The lowest BCUT2D eigenvalue weighted by atomic mass is 10.0. The van der Waals surface area contributed by atoms with E-state index in [1.807, 2.05) is 5.32 Å². The highest BCUT2D eigenvalue weighted by molar-refractivity contribution is 6.33. The third-order valence-corrected chi connectivity index (χ3v) is 3.79. The molecular formula is C17H16ClFN2O4. The predicted octanol–water partition coefficient (Wildman–Crippen LogP) is 3.10. The van der Waals surface area contributed by atoms with Crippen LogP contribution in [-0.4, -0.2) is 34.4 Å². The first-order valence-electron chi connectivity index (χ1n) is 7.33. The lowest BCUT2D eigenvalue weighted by molar-refractivity contribution is -0.120. The molecule has 132 valence electrons. The van der Waals surface area contributed by atoms with E-state index >= 15 is 0 Å². The van der Waals surface area contributed by atoms with Gasteiger partial charge in [-0.2, -0.15) is 0 Å². The van der Waals surface area contributed by atoms with Crippen molar-refractivity contribution in [3.05, 3.63) is 53.3 Å². The fourth-order valence-electron chi connectivity index (χ4n) is 2.26. The number of hydrogen-bond donors (Lipinski definition) is 4. The van der Waals surface area contributed by atoms with Crippen LogP contribution in [0, 0.1) is 5.82 Å². The van der Waals surface area contributed by atoms with Gasteiger partial charge in [0.25, 0.3) is 0 Å².